The van der Waals surface area contributed by atoms with Crippen molar-refractivity contribution in [1.82, 2.24) is 25.7 Å². The summed E-state index contributed by atoms with van der Waals surface area (Å²) in [6.45, 7) is 10.7. The van der Waals surface area contributed by atoms with E-state index >= 15 is 0 Å². The number of carbonyl (C=O) groups excluding carboxylic acids is 1. The van der Waals surface area contributed by atoms with Gasteiger partial charge in [0.1, 0.15) is 5.60 Å². The van der Waals surface area contributed by atoms with Gasteiger partial charge in [-0.15, -0.1) is 0 Å². The molecule has 1 aromatic heterocycles. The number of rotatable bonds is 7. The topological polar surface area (TPSA) is 114 Å². The molecule has 29 heavy (non-hydrogen) atoms. The molecular formula is C19H34N6O4. The number of hydrogen-bond acceptors (Lipinski definition) is 7. The van der Waals surface area contributed by atoms with E-state index in [0.29, 0.717) is 31.4 Å². The van der Waals surface area contributed by atoms with Crippen molar-refractivity contribution >= 4 is 12.1 Å². The second kappa shape index (κ2) is 11.0. The molecule has 1 aromatic rings. The Bertz CT molecular complexity index is 662. The molecule has 0 atom stereocenters. The van der Waals surface area contributed by atoms with E-state index in [0.717, 1.165) is 38.3 Å². The number of aromatic nitrogens is 2. The van der Waals surface area contributed by atoms with E-state index in [1.165, 1.54) is 0 Å². The van der Waals surface area contributed by atoms with Gasteiger partial charge in [-0.25, -0.2) is 4.79 Å². The molecular weight excluding hydrogens is 376 g/mol. The van der Waals surface area contributed by atoms with E-state index in [4.69, 9.17) is 14.0 Å². The van der Waals surface area contributed by atoms with Gasteiger partial charge < -0.3 is 29.5 Å². The van der Waals surface area contributed by atoms with Crippen LogP contribution in [-0.4, -0.2) is 72.1 Å². The minimum absolute atomic E-state index is 0.228. The summed E-state index contributed by atoms with van der Waals surface area (Å²) in [5, 5.41) is 9.89. The van der Waals surface area contributed by atoms with Crippen molar-refractivity contribution in [3.8, 4) is 0 Å². The SMILES string of the molecule is CN=C(NCc1noc(C)n1)N1CCC(OCCCNC(=O)OC(C)(C)C)CC1. The first-order chi connectivity index (χ1) is 13.8. The number of likely N-dealkylation sites (tertiary alicyclic amines) is 1. The van der Waals surface area contributed by atoms with Crippen LogP contribution in [0.2, 0.25) is 0 Å². The van der Waals surface area contributed by atoms with Crippen molar-refractivity contribution in [3.05, 3.63) is 11.7 Å². The Hall–Kier alpha value is -2.36. The highest BCUT2D eigenvalue weighted by Gasteiger charge is 2.22. The van der Waals surface area contributed by atoms with Crippen molar-refractivity contribution in [2.24, 2.45) is 4.99 Å². The Morgan fingerprint density at radius 1 is 1.31 bits per heavy atom. The third-order valence-corrected chi connectivity index (χ3v) is 4.27. The third kappa shape index (κ3) is 8.68. The zero-order valence-electron chi connectivity index (χ0n) is 18.2. The number of alkyl carbamates (subject to hydrolysis) is 1. The molecule has 0 saturated carbocycles. The largest absolute Gasteiger partial charge is 0.444 e. The lowest BCUT2D eigenvalue weighted by molar-refractivity contribution is 0.0170. The van der Waals surface area contributed by atoms with E-state index in [1.807, 2.05) is 20.8 Å². The van der Waals surface area contributed by atoms with Crippen LogP contribution >= 0.6 is 0 Å². The summed E-state index contributed by atoms with van der Waals surface area (Å²) in [5.74, 6) is 1.99. The van der Waals surface area contributed by atoms with Crippen LogP contribution in [0.5, 0.6) is 0 Å². The Morgan fingerprint density at radius 3 is 2.62 bits per heavy atom. The number of ether oxygens (including phenoxy) is 2. The van der Waals surface area contributed by atoms with Crippen LogP contribution < -0.4 is 10.6 Å². The van der Waals surface area contributed by atoms with Crippen LogP contribution in [0, 0.1) is 6.92 Å². The van der Waals surface area contributed by atoms with Gasteiger partial charge in [-0.1, -0.05) is 5.16 Å². The Morgan fingerprint density at radius 2 is 2.03 bits per heavy atom. The molecule has 0 unspecified atom stereocenters. The summed E-state index contributed by atoms with van der Waals surface area (Å²) in [7, 11) is 1.77. The fourth-order valence-corrected chi connectivity index (χ4v) is 2.96. The highest BCUT2D eigenvalue weighted by atomic mass is 16.6. The molecule has 2 rings (SSSR count). The maximum Gasteiger partial charge on any atom is 0.407 e. The van der Waals surface area contributed by atoms with Crippen LogP contribution in [0.3, 0.4) is 0 Å². The van der Waals surface area contributed by atoms with Gasteiger partial charge >= 0.3 is 6.09 Å². The first-order valence-corrected chi connectivity index (χ1v) is 10.1. The molecule has 2 N–H and O–H groups in total. The van der Waals surface area contributed by atoms with Gasteiger partial charge in [-0.05, 0) is 40.0 Å². The molecule has 10 nitrogen and oxygen atoms in total. The van der Waals surface area contributed by atoms with Gasteiger partial charge in [-0.3, -0.25) is 4.99 Å². The molecule has 1 aliphatic rings. The van der Waals surface area contributed by atoms with E-state index in [1.54, 1.807) is 14.0 Å². The molecule has 10 heteroatoms. The van der Waals surface area contributed by atoms with Crippen LogP contribution in [0.1, 0.15) is 51.7 Å². The van der Waals surface area contributed by atoms with Crippen molar-refractivity contribution in [2.75, 3.05) is 33.3 Å². The maximum absolute atomic E-state index is 11.6. The standard InChI is InChI=1S/C19H34N6O4/c1-14-23-16(24-29-14)13-22-17(20-5)25-10-7-15(8-11-25)27-12-6-9-21-18(26)28-19(2,3)4/h15H,6-13H2,1-5H3,(H,20,22)(H,21,26). The van der Waals surface area contributed by atoms with Gasteiger partial charge in [0, 0.05) is 40.2 Å². The van der Waals surface area contributed by atoms with E-state index in [2.05, 4.69) is 30.7 Å². The van der Waals surface area contributed by atoms with E-state index in [9.17, 15) is 4.79 Å². The number of hydrogen-bond donors (Lipinski definition) is 2. The summed E-state index contributed by atoms with van der Waals surface area (Å²) < 4.78 is 16.1. The Balaban J connectivity index is 1.59. The highest BCUT2D eigenvalue weighted by molar-refractivity contribution is 5.79. The second-order valence-electron chi connectivity index (χ2n) is 7.97. The number of aryl methyl sites for hydroxylation is 1. The van der Waals surface area contributed by atoms with Gasteiger partial charge in [-0.2, -0.15) is 4.98 Å². The quantitative estimate of drug-likeness (QED) is 0.398. The summed E-state index contributed by atoms with van der Waals surface area (Å²) in [5.41, 5.74) is -0.478. The summed E-state index contributed by atoms with van der Waals surface area (Å²) >= 11 is 0. The Kier molecular flexibility index (Phi) is 8.69. The first kappa shape index (κ1) is 22.9. The molecule has 0 aromatic carbocycles. The van der Waals surface area contributed by atoms with Crippen molar-refractivity contribution < 1.29 is 18.8 Å². The molecule has 0 spiro atoms. The zero-order valence-corrected chi connectivity index (χ0v) is 18.2. The average Bonchev–Trinajstić information content (AvgIpc) is 3.07. The molecule has 1 fully saturated rings. The number of aliphatic imine (C=N–C) groups is 1. The van der Waals surface area contributed by atoms with Gasteiger partial charge in [0.2, 0.25) is 5.89 Å². The number of carbonyl (C=O) groups is 1. The molecule has 1 saturated heterocycles. The van der Waals surface area contributed by atoms with E-state index < -0.39 is 5.60 Å². The maximum atomic E-state index is 11.6. The van der Waals surface area contributed by atoms with Crippen LogP contribution in [0.25, 0.3) is 0 Å². The molecule has 0 bridgehead atoms. The normalized spacial score (nSPS) is 16.0. The van der Waals surface area contributed by atoms with Gasteiger partial charge in [0.05, 0.1) is 12.6 Å². The lowest BCUT2D eigenvalue weighted by Crippen LogP contribution is -2.46. The lowest BCUT2D eigenvalue weighted by atomic mass is 10.1. The zero-order chi connectivity index (χ0) is 21.3. The fourth-order valence-electron chi connectivity index (χ4n) is 2.96. The van der Waals surface area contributed by atoms with E-state index in [-0.39, 0.29) is 12.2 Å². The molecule has 164 valence electrons. The molecule has 1 amide bonds. The smallest absolute Gasteiger partial charge is 0.407 e. The van der Waals surface area contributed by atoms with Gasteiger partial charge in [0.15, 0.2) is 11.8 Å². The number of piperidine rings is 1. The second-order valence-corrected chi connectivity index (χ2v) is 7.97. The summed E-state index contributed by atoms with van der Waals surface area (Å²) in [4.78, 5) is 22.3. The number of amides is 1. The highest BCUT2D eigenvalue weighted by Crippen LogP contribution is 2.14. The first-order valence-electron chi connectivity index (χ1n) is 10.1. The fraction of sp³-hybridized carbons (Fsp3) is 0.789. The minimum atomic E-state index is -0.478. The van der Waals surface area contributed by atoms with Crippen molar-refractivity contribution in [1.29, 1.82) is 0 Å². The predicted octanol–water partition coefficient (Wildman–Crippen LogP) is 1.85. The van der Waals surface area contributed by atoms with Crippen LogP contribution in [0.4, 0.5) is 4.79 Å². The predicted molar refractivity (Wildman–Crippen MR) is 109 cm³/mol. The number of nitrogens with one attached hydrogen (secondary N) is 2. The lowest BCUT2D eigenvalue weighted by Gasteiger charge is -2.34. The minimum Gasteiger partial charge on any atom is -0.444 e. The monoisotopic (exact) mass is 410 g/mol. The molecule has 2 heterocycles. The molecule has 1 aliphatic heterocycles. The Labute approximate surface area is 172 Å². The van der Waals surface area contributed by atoms with Crippen LogP contribution in [0.15, 0.2) is 9.52 Å². The van der Waals surface area contributed by atoms with Crippen molar-refractivity contribution in [3.63, 3.8) is 0 Å². The van der Waals surface area contributed by atoms with Gasteiger partial charge in [0.25, 0.3) is 0 Å². The molecule has 0 aliphatic carbocycles. The number of guanidine groups is 1. The summed E-state index contributed by atoms with van der Waals surface area (Å²) in [6, 6.07) is 0. The average molecular weight is 411 g/mol. The third-order valence-electron chi connectivity index (χ3n) is 4.27. The summed E-state index contributed by atoms with van der Waals surface area (Å²) in [6.07, 6.45) is 2.46. The van der Waals surface area contributed by atoms with Crippen molar-refractivity contribution in [2.45, 2.75) is 65.2 Å². The number of nitrogens with zero attached hydrogens (tertiary/aromatic N) is 4. The van der Waals surface area contributed by atoms with Crippen LogP contribution in [-0.2, 0) is 16.0 Å². The molecule has 0 radical (unpaired) electrons.